The average Bonchev–Trinajstić information content (AvgIpc) is 2.61. The number of hydrogen-bond donors (Lipinski definition) is 2. The summed E-state index contributed by atoms with van der Waals surface area (Å²) in [6, 6.07) is 16.0. The number of para-hydroxylation sites is 1. The number of nitrogens with zero attached hydrogens (tertiary/aromatic N) is 1. The van der Waals surface area contributed by atoms with Gasteiger partial charge in [0.05, 0.1) is 5.52 Å². The van der Waals surface area contributed by atoms with Gasteiger partial charge in [0.25, 0.3) is 0 Å². The Kier molecular flexibility index (Phi) is 3.83. The van der Waals surface area contributed by atoms with E-state index in [9.17, 15) is 0 Å². The number of fused-ring (bicyclic) bond motifs is 2. The van der Waals surface area contributed by atoms with Gasteiger partial charge in [-0.25, -0.2) is 4.98 Å². The van der Waals surface area contributed by atoms with Gasteiger partial charge in [-0.05, 0) is 30.2 Å². The molecule has 1 aliphatic rings. The molecule has 0 atom stereocenters. The summed E-state index contributed by atoms with van der Waals surface area (Å²) in [7, 11) is 0. The molecule has 0 aliphatic carbocycles. The topological polar surface area (TPSA) is 69.4 Å². The van der Waals surface area contributed by atoms with Crippen LogP contribution in [0.15, 0.2) is 48.5 Å². The van der Waals surface area contributed by atoms with E-state index in [1.807, 2.05) is 36.4 Å². The number of aromatic nitrogens is 1. The Bertz CT molecular complexity index is 880. The Balaban J connectivity index is 1.48. The lowest BCUT2D eigenvalue weighted by molar-refractivity contribution is 0.171. The van der Waals surface area contributed by atoms with Crippen LogP contribution in [0.4, 0.5) is 11.5 Å². The molecule has 122 valence electrons. The van der Waals surface area contributed by atoms with E-state index >= 15 is 0 Å². The van der Waals surface area contributed by atoms with Crippen molar-refractivity contribution >= 4 is 22.4 Å². The van der Waals surface area contributed by atoms with Crippen molar-refractivity contribution in [2.45, 2.75) is 6.42 Å². The van der Waals surface area contributed by atoms with Crippen LogP contribution in [0.5, 0.6) is 11.5 Å². The van der Waals surface area contributed by atoms with Gasteiger partial charge in [0.2, 0.25) is 0 Å². The first-order chi connectivity index (χ1) is 11.8. The van der Waals surface area contributed by atoms with Crippen molar-refractivity contribution in [3.8, 4) is 11.5 Å². The van der Waals surface area contributed by atoms with Crippen LogP contribution in [0.3, 0.4) is 0 Å². The second-order valence-electron chi connectivity index (χ2n) is 5.77. The summed E-state index contributed by atoms with van der Waals surface area (Å²) < 4.78 is 11.2. The molecule has 24 heavy (non-hydrogen) atoms. The molecule has 3 aromatic rings. The first-order valence-electron chi connectivity index (χ1n) is 8.07. The monoisotopic (exact) mass is 321 g/mol. The molecule has 0 fully saturated rings. The number of rotatable bonds is 4. The van der Waals surface area contributed by atoms with Crippen molar-refractivity contribution in [3.05, 3.63) is 54.1 Å². The van der Waals surface area contributed by atoms with E-state index in [1.165, 1.54) is 5.56 Å². The van der Waals surface area contributed by atoms with Crippen molar-refractivity contribution in [1.82, 2.24) is 4.98 Å². The van der Waals surface area contributed by atoms with Gasteiger partial charge in [0.15, 0.2) is 11.5 Å². The number of benzene rings is 2. The minimum Gasteiger partial charge on any atom is -0.486 e. The number of anilines is 2. The molecule has 5 nitrogen and oxygen atoms in total. The van der Waals surface area contributed by atoms with Gasteiger partial charge in [-0.3, -0.25) is 0 Å². The molecule has 2 heterocycles. The molecule has 5 heteroatoms. The van der Waals surface area contributed by atoms with E-state index in [4.69, 9.17) is 15.2 Å². The van der Waals surface area contributed by atoms with Crippen molar-refractivity contribution in [3.63, 3.8) is 0 Å². The van der Waals surface area contributed by atoms with Crippen LogP contribution >= 0.6 is 0 Å². The SMILES string of the molecule is Nc1cc(NCCc2ccc3c(c2)OCCO3)c2ccccc2n1. The summed E-state index contributed by atoms with van der Waals surface area (Å²) in [5.74, 6) is 2.18. The molecule has 0 spiro atoms. The second kappa shape index (κ2) is 6.28. The Morgan fingerprint density at radius 2 is 1.83 bits per heavy atom. The fourth-order valence-electron chi connectivity index (χ4n) is 2.93. The molecule has 0 saturated heterocycles. The summed E-state index contributed by atoms with van der Waals surface area (Å²) in [5.41, 5.74) is 9.02. The van der Waals surface area contributed by atoms with Crippen LogP contribution in [0.1, 0.15) is 5.56 Å². The minimum atomic E-state index is 0.524. The Labute approximate surface area is 140 Å². The lowest BCUT2D eigenvalue weighted by atomic mass is 10.1. The maximum atomic E-state index is 5.90. The van der Waals surface area contributed by atoms with Crippen LogP contribution in [0, 0.1) is 0 Å². The highest BCUT2D eigenvalue weighted by Gasteiger charge is 2.11. The maximum Gasteiger partial charge on any atom is 0.161 e. The standard InChI is InChI=1S/C19H19N3O2/c20-19-12-16(14-3-1-2-4-15(14)22-19)21-8-7-13-5-6-17-18(11-13)24-10-9-23-17/h1-6,11-12H,7-10H2,(H3,20,21,22). The quantitative estimate of drug-likeness (QED) is 0.772. The smallest absolute Gasteiger partial charge is 0.161 e. The first kappa shape index (κ1) is 14.6. The maximum absolute atomic E-state index is 5.90. The molecular formula is C19H19N3O2. The van der Waals surface area contributed by atoms with Crippen molar-refractivity contribution in [2.75, 3.05) is 30.8 Å². The summed E-state index contributed by atoms with van der Waals surface area (Å²) in [6.07, 6.45) is 0.882. The summed E-state index contributed by atoms with van der Waals surface area (Å²) >= 11 is 0. The third-order valence-electron chi connectivity index (χ3n) is 4.07. The largest absolute Gasteiger partial charge is 0.486 e. The third kappa shape index (κ3) is 2.93. The van der Waals surface area contributed by atoms with Gasteiger partial charge in [-0.15, -0.1) is 0 Å². The van der Waals surface area contributed by atoms with Crippen LogP contribution in [-0.2, 0) is 6.42 Å². The Morgan fingerprint density at radius 3 is 2.75 bits per heavy atom. The van der Waals surface area contributed by atoms with Crippen LogP contribution < -0.4 is 20.5 Å². The number of ether oxygens (including phenoxy) is 2. The van der Waals surface area contributed by atoms with Gasteiger partial charge in [-0.1, -0.05) is 24.3 Å². The van der Waals surface area contributed by atoms with E-state index in [0.717, 1.165) is 41.1 Å². The second-order valence-corrected chi connectivity index (χ2v) is 5.77. The molecule has 0 unspecified atom stereocenters. The predicted molar refractivity (Wildman–Crippen MR) is 95.8 cm³/mol. The van der Waals surface area contributed by atoms with Crippen molar-refractivity contribution in [1.29, 1.82) is 0 Å². The fourth-order valence-corrected chi connectivity index (χ4v) is 2.93. The molecule has 0 amide bonds. The summed E-state index contributed by atoms with van der Waals surface area (Å²) in [5, 5.41) is 4.54. The lowest BCUT2D eigenvalue weighted by Gasteiger charge is -2.19. The van der Waals surface area contributed by atoms with Gasteiger partial charge in [0, 0.05) is 23.7 Å². The molecule has 3 N–H and O–H groups in total. The molecule has 4 rings (SSSR count). The van der Waals surface area contributed by atoms with Crippen LogP contribution in [0.25, 0.3) is 10.9 Å². The molecule has 0 saturated carbocycles. The van der Waals surface area contributed by atoms with Crippen molar-refractivity contribution < 1.29 is 9.47 Å². The lowest BCUT2D eigenvalue weighted by Crippen LogP contribution is -2.15. The van der Waals surface area contributed by atoms with E-state index in [1.54, 1.807) is 0 Å². The number of hydrogen-bond acceptors (Lipinski definition) is 5. The highest BCUT2D eigenvalue weighted by Crippen LogP contribution is 2.31. The number of nitrogen functional groups attached to an aromatic ring is 1. The zero-order chi connectivity index (χ0) is 16.4. The van der Waals surface area contributed by atoms with E-state index in [0.29, 0.717) is 19.0 Å². The highest BCUT2D eigenvalue weighted by atomic mass is 16.6. The van der Waals surface area contributed by atoms with Crippen LogP contribution in [0.2, 0.25) is 0 Å². The zero-order valence-corrected chi connectivity index (χ0v) is 13.3. The molecular weight excluding hydrogens is 302 g/mol. The zero-order valence-electron chi connectivity index (χ0n) is 13.3. The van der Waals surface area contributed by atoms with Gasteiger partial charge >= 0.3 is 0 Å². The molecule has 0 bridgehead atoms. The highest BCUT2D eigenvalue weighted by molar-refractivity contribution is 5.92. The normalized spacial score (nSPS) is 13.0. The average molecular weight is 321 g/mol. The number of nitrogens with one attached hydrogen (secondary N) is 1. The van der Waals surface area contributed by atoms with E-state index < -0.39 is 0 Å². The molecule has 2 aromatic carbocycles. The fraction of sp³-hybridized carbons (Fsp3) is 0.211. The molecule has 0 radical (unpaired) electrons. The number of pyridine rings is 1. The molecule has 1 aromatic heterocycles. The number of nitrogens with two attached hydrogens (primary N) is 1. The van der Waals surface area contributed by atoms with Gasteiger partial charge < -0.3 is 20.5 Å². The third-order valence-corrected chi connectivity index (χ3v) is 4.07. The van der Waals surface area contributed by atoms with E-state index in [-0.39, 0.29) is 0 Å². The summed E-state index contributed by atoms with van der Waals surface area (Å²) in [4.78, 5) is 4.36. The predicted octanol–water partition coefficient (Wildman–Crippen LogP) is 3.24. The van der Waals surface area contributed by atoms with Gasteiger partial charge in [-0.2, -0.15) is 0 Å². The Hall–Kier alpha value is -2.95. The van der Waals surface area contributed by atoms with E-state index in [2.05, 4.69) is 22.4 Å². The minimum absolute atomic E-state index is 0.524. The van der Waals surface area contributed by atoms with Gasteiger partial charge in [0.1, 0.15) is 19.0 Å². The van der Waals surface area contributed by atoms with Crippen molar-refractivity contribution in [2.24, 2.45) is 0 Å². The molecule has 1 aliphatic heterocycles. The first-order valence-corrected chi connectivity index (χ1v) is 8.07. The van der Waals surface area contributed by atoms with Crippen LogP contribution in [-0.4, -0.2) is 24.7 Å². The Morgan fingerprint density at radius 1 is 1.00 bits per heavy atom. The summed E-state index contributed by atoms with van der Waals surface area (Å²) in [6.45, 7) is 2.02.